The van der Waals surface area contributed by atoms with Gasteiger partial charge in [-0.15, -0.1) is 0 Å². The number of hydrogen-bond donors (Lipinski definition) is 1. The van der Waals surface area contributed by atoms with E-state index in [9.17, 15) is 13.5 Å². The van der Waals surface area contributed by atoms with Gasteiger partial charge in [0, 0.05) is 6.20 Å². The fourth-order valence-corrected chi connectivity index (χ4v) is 3.28. The van der Waals surface area contributed by atoms with Crippen molar-refractivity contribution in [3.8, 4) is 0 Å². The van der Waals surface area contributed by atoms with Crippen molar-refractivity contribution in [1.29, 1.82) is 0 Å². The Balaban J connectivity index is 1.93. The normalized spacial score (nSPS) is 13.1. The predicted molar refractivity (Wildman–Crippen MR) is 77.1 cm³/mol. The standard InChI is InChI=1S/C15H17NO3S/c17-14(10-9-13-6-2-1-3-7-13)12-20(18,19)15-8-4-5-11-16-15/h1-8,11,14,17H,9-10,12H2/t14-/m1/s1. The molecule has 2 aromatic rings. The summed E-state index contributed by atoms with van der Waals surface area (Å²) in [6.45, 7) is 0. The first kappa shape index (κ1) is 14.7. The first-order valence-electron chi connectivity index (χ1n) is 6.44. The summed E-state index contributed by atoms with van der Waals surface area (Å²) in [5.41, 5.74) is 1.08. The van der Waals surface area contributed by atoms with Crippen molar-refractivity contribution in [3.05, 3.63) is 60.3 Å². The van der Waals surface area contributed by atoms with E-state index in [0.717, 1.165) is 5.56 Å². The van der Waals surface area contributed by atoms with Gasteiger partial charge < -0.3 is 5.11 Å². The lowest BCUT2D eigenvalue weighted by Crippen LogP contribution is -2.22. The molecule has 0 saturated carbocycles. The van der Waals surface area contributed by atoms with Gasteiger partial charge in [0.05, 0.1) is 11.9 Å². The second-order valence-corrected chi connectivity index (χ2v) is 6.61. The third-order valence-electron chi connectivity index (χ3n) is 2.98. The molecule has 1 aromatic carbocycles. The first-order chi connectivity index (χ1) is 9.58. The molecule has 0 unspecified atom stereocenters. The van der Waals surface area contributed by atoms with Crippen molar-refractivity contribution in [2.45, 2.75) is 24.0 Å². The summed E-state index contributed by atoms with van der Waals surface area (Å²) in [7, 11) is -3.53. The van der Waals surface area contributed by atoms with E-state index in [2.05, 4.69) is 4.98 Å². The Labute approximate surface area is 119 Å². The number of aliphatic hydroxyl groups excluding tert-OH is 1. The maximum Gasteiger partial charge on any atom is 0.198 e. The zero-order valence-electron chi connectivity index (χ0n) is 11.0. The first-order valence-corrected chi connectivity index (χ1v) is 8.09. The Hall–Kier alpha value is -1.72. The number of aryl methyl sites for hydroxylation is 1. The Morgan fingerprint density at radius 2 is 1.75 bits per heavy atom. The number of rotatable bonds is 6. The highest BCUT2D eigenvalue weighted by Crippen LogP contribution is 2.11. The minimum Gasteiger partial charge on any atom is -0.392 e. The Bertz CT molecular complexity index is 627. The van der Waals surface area contributed by atoms with Gasteiger partial charge in [-0.3, -0.25) is 0 Å². The van der Waals surface area contributed by atoms with E-state index >= 15 is 0 Å². The summed E-state index contributed by atoms with van der Waals surface area (Å²) >= 11 is 0. The molecule has 0 radical (unpaired) electrons. The quantitative estimate of drug-likeness (QED) is 0.882. The van der Waals surface area contributed by atoms with E-state index in [1.807, 2.05) is 30.3 Å². The third kappa shape index (κ3) is 4.15. The number of pyridine rings is 1. The van der Waals surface area contributed by atoms with Crippen LogP contribution in [0.15, 0.2) is 59.8 Å². The fourth-order valence-electron chi connectivity index (χ4n) is 1.93. The van der Waals surface area contributed by atoms with Gasteiger partial charge >= 0.3 is 0 Å². The van der Waals surface area contributed by atoms with Gasteiger partial charge in [-0.05, 0) is 30.5 Å². The predicted octanol–water partition coefficient (Wildman–Crippen LogP) is 1.85. The van der Waals surface area contributed by atoms with Gasteiger partial charge in [-0.1, -0.05) is 36.4 Å². The number of hydrogen-bond acceptors (Lipinski definition) is 4. The van der Waals surface area contributed by atoms with Crippen LogP contribution in [0.4, 0.5) is 0 Å². The highest BCUT2D eigenvalue weighted by atomic mass is 32.2. The van der Waals surface area contributed by atoms with Gasteiger partial charge in [0.1, 0.15) is 0 Å². The smallest absolute Gasteiger partial charge is 0.198 e. The van der Waals surface area contributed by atoms with Crippen molar-refractivity contribution in [2.24, 2.45) is 0 Å². The van der Waals surface area contributed by atoms with Crippen molar-refractivity contribution in [3.63, 3.8) is 0 Å². The van der Waals surface area contributed by atoms with Crippen LogP contribution in [0.1, 0.15) is 12.0 Å². The van der Waals surface area contributed by atoms with E-state index in [1.54, 1.807) is 12.1 Å². The number of sulfone groups is 1. The van der Waals surface area contributed by atoms with Crippen LogP contribution in [-0.2, 0) is 16.3 Å². The monoisotopic (exact) mass is 291 g/mol. The molecule has 0 aliphatic heterocycles. The number of aliphatic hydroxyl groups is 1. The van der Waals surface area contributed by atoms with Gasteiger partial charge in [-0.2, -0.15) is 0 Å². The maximum atomic E-state index is 12.0. The molecule has 20 heavy (non-hydrogen) atoms. The topological polar surface area (TPSA) is 67.3 Å². The Kier molecular flexibility index (Phi) is 4.87. The maximum absolute atomic E-state index is 12.0. The minimum absolute atomic E-state index is 0.0127. The molecule has 0 fully saturated rings. The molecule has 0 amide bonds. The minimum atomic E-state index is -3.53. The molecular weight excluding hydrogens is 274 g/mol. The zero-order valence-corrected chi connectivity index (χ0v) is 11.8. The second-order valence-electron chi connectivity index (χ2n) is 4.63. The zero-order chi connectivity index (χ0) is 14.4. The van der Waals surface area contributed by atoms with E-state index < -0.39 is 15.9 Å². The lowest BCUT2D eigenvalue weighted by molar-refractivity contribution is 0.187. The van der Waals surface area contributed by atoms with Crippen LogP contribution in [-0.4, -0.2) is 30.4 Å². The second kappa shape index (κ2) is 6.63. The molecule has 106 valence electrons. The number of nitrogens with zero attached hydrogens (tertiary/aromatic N) is 1. The molecule has 1 heterocycles. The molecule has 1 atom stereocenters. The van der Waals surface area contributed by atoms with Gasteiger partial charge in [-0.25, -0.2) is 13.4 Å². The molecule has 0 saturated heterocycles. The lowest BCUT2D eigenvalue weighted by atomic mass is 10.1. The van der Waals surface area contributed by atoms with Gasteiger partial charge in [0.15, 0.2) is 14.9 Å². The van der Waals surface area contributed by atoms with Crippen molar-refractivity contribution < 1.29 is 13.5 Å². The third-order valence-corrected chi connectivity index (χ3v) is 4.68. The summed E-state index contributed by atoms with van der Waals surface area (Å²) in [4.78, 5) is 3.82. The van der Waals surface area contributed by atoms with Gasteiger partial charge in [0.25, 0.3) is 0 Å². The molecule has 1 aromatic heterocycles. The summed E-state index contributed by atoms with van der Waals surface area (Å²) in [5, 5.41) is 9.91. The van der Waals surface area contributed by atoms with E-state index in [0.29, 0.717) is 12.8 Å². The SMILES string of the molecule is O=S(=O)(C[C@H](O)CCc1ccccc1)c1ccccn1. The van der Waals surface area contributed by atoms with E-state index in [1.165, 1.54) is 12.3 Å². The van der Waals surface area contributed by atoms with E-state index in [-0.39, 0.29) is 10.8 Å². The van der Waals surface area contributed by atoms with Crippen molar-refractivity contribution >= 4 is 9.84 Å². The summed E-state index contributed by atoms with van der Waals surface area (Å²) in [6, 6.07) is 14.4. The molecule has 0 aliphatic carbocycles. The molecule has 0 bridgehead atoms. The molecule has 2 rings (SSSR count). The van der Waals surface area contributed by atoms with Gasteiger partial charge in [0.2, 0.25) is 0 Å². The summed E-state index contributed by atoms with van der Waals surface area (Å²) in [5.74, 6) is -0.295. The number of benzene rings is 1. The highest BCUT2D eigenvalue weighted by Gasteiger charge is 2.20. The van der Waals surface area contributed by atoms with Crippen LogP contribution < -0.4 is 0 Å². The van der Waals surface area contributed by atoms with E-state index in [4.69, 9.17) is 0 Å². The molecule has 4 nitrogen and oxygen atoms in total. The van der Waals surface area contributed by atoms with Crippen LogP contribution in [0.25, 0.3) is 0 Å². The molecule has 1 N–H and O–H groups in total. The summed E-state index contributed by atoms with van der Waals surface area (Å²) < 4.78 is 24.1. The largest absolute Gasteiger partial charge is 0.392 e. The van der Waals surface area contributed by atoms with Crippen LogP contribution in [0.2, 0.25) is 0 Å². The highest BCUT2D eigenvalue weighted by molar-refractivity contribution is 7.91. The van der Waals surface area contributed by atoms with Crippen LogP contribution >= 0.6 is 0 Å². The average molecular weight is 291 g/mol. The van der Waals surface area contributed by atoms with Crippen LogP contribution in [0.5, 0.6) is 0 Å². The van der Waals surface area contributed by atoms with Crippen LogP contribution in [0, 0.1) is 0 Å². The number of aromatic nitrogens is 1. The fraction of sp³-hybridized carbons (Fsp3) is 0.267. The summed E-state index contributed by atoms with van der Waals surface area (Å²) in [6.07, 6.45) is 1.61. The Morgan fingerprint density at radius 3 is 2.40 bits per heavy atom. The van der Waals surface area contributed by atoms with Crippen LogP contribution in [0.3, 0.4) is 0 Å². The lowest BCUT2D eigenvalue weighted by Gasteiger charge is -2.10. The van der Waals surface area contributed by atoms with Crippen molar-refractivity contribution in [2.75, 3.05) is 5.75 Å². The molecule has 0 aliphatic rings. The molecule has 0 spiro atoms. The molecular formula is C15H17NO3S. The Morgan fingerprint density at radius 1 is 1.05 bits per heavy atom. The van der Waals surface area contributed by atoms with Crippen molar-refractivity contribution in [1.82, 2.24) is 4.98 Å². The molecule has 5 heteroatoms. The average Bonchev–Trinajstić information content (AvgIpc) is 2.47.